The highest BCUT2D eigenvalue weighted by Crippen LogP contribution is 2.40. The van der Waals surface area contributed by atoms with Crippen molar-refractivity contribution in [3.8, 4) is 0 Å². The Balaban J connectivity index is 1.84. The molecule has 0 bridgehead atoms. The van der Waals surface area contributed by atoms with Gasteiger partial charge in [-0.2, -0.15) is 0 Å². The summed E-state index contributed by atoms with van der Waals surface area (Å²) in [6.07, 6.45) is 3.88. The van der Waals surface area contributed by atoms with Crippen LogP contribution in [0.4, 0.5) is 0 Å². The predicted molar refractivity (Wildman–Crippen MR) is 86.8 cm³/mol. The lowest BCUT2D eigenvalue weighted by atomic mass is 9.67. The molecular weight excluding hydrogens is 246 g/mol. The first kappa shape index (κ1) is 16.3. The number of rotatable bonds is 3. The molecule has 3 atom stereocenters. The summed E-state index contributed by atoms with van der Waals surface area (Å²) in [5, 5.41) is 0. The zero-order valence-corrected chi connectivity index (χ0v) is 14.1. The predicted octanol–water partition coefficient (Wildman–Crippen LogP) is 2.41. The molecule has 0 radical (unpaired) electrons. The Morgan fingerprint density at radius 3 is 2.15 bits per heavy atom. The zero-order chi connectivity index (χ0) is 14.8. The standard InChI is InChI=1S/C17H35N3/c1-5-19-8-10-20(11-9-19)13-14-12-15(17(2,3)4)6-7-16(14)18/h14-16H,5-13,18H2,1-4H3. The number of piperazine rings is 1. The molecule has 0 aromatic carbocycles. The molecule has 3 heteroatoms. The van der Waals surface area contributed by atoms with Crippen LogP contribution in [-0.4, -0.2) is 55.1 Å². The van der Waals surface area contributed by atoms with Crippen LogP contribution in [0.1, 0.15) is 47.0 Å². The molecular formula is C17H35N3. The van der Waals surface area contributed by atoms with E-state index in [1.807, 2.05) is 0 Å². The molecule has 2 N–H and O–H groups in total. The van der Waals surface area contributed by atoms with Crippen molar-refractivity contribution in [3.05, 3.63) is 0 Å². The molecule has 0 aromatic heterocycles. The van der Waals surface area contributed by atoms with Crippen molar-refractivity contribution in [2.45, 2.75) is 53.0 Å². The van der Waals surface area contributed by atoms with E-state index < -0.39 is 0 Å². The molecule has 2 aliphatic rings. The monoisotopic (exact) mass is 281 g/mol. The summed E-state index contributed by atoms with van der Waals surface area (Å²) in [6, 6.07) is 0.429. The van der Waals surface area contributed by atoms with E-state index in [0.717, 1.165) is 5.92 Å². The maximum Gasteiger partial charge on any atom is 0.0110 e. The van der Waals surface area contributed by atoms with Gasteiger partial charge in [-0.1, -0.05) is 27.7 Å². The highest BCUT2D eigenvalue weighted by molar-refractivity contribution is 4.89. The van der Waals surface area contributed by atoms with Gasteiger partial charge in [0.2, 0.25) is 0 Å². The van der Waals surface area contributed by atoms with Gasteiger partial charge in [-0.05, 0) is 43.1 Å². The third kappa shape index (κ3) is 4.19. The molecule has 2 fully saturated rings. The third-order valence-corrected chi connectivity index (χ3v) is 5.67. The van der Waals surface area contributed by atoms with E-state index in [2.05, 4.69) is 37.5 Å². The maximum absolute atomic E-state index is 6.42. The molecule has 1 aliphatic heterocycles. The topological polar surface area (TPSA) is 32.5 Å². The lowest BCUT2D eigenvalue weighted by Gasteiger charge is -2.43. The number of likely N-dealkylation sites (N-methyl/N-ethyl adjacent to an activating group) is 1. The summed E-state index contributed by atoms with van der Waals surface area (Å²) in [5.41, 5.74) is 6.86. The second-order valence-corrected chi connectivity index (χ2v) is 8.03. The van der Waals surface area contributed by atoms with E-state index in [1.165, 1.54) is 58.5 Å². The zero-order valence-electron chi connectivity index (χ0n) is 14.1. The summed E-state index contributed by atoms with van der Waals surface area (Å²) in [4.78, 5) is 5.21. The fourth-order valence-electron chi connectivity index (χ4n) is 3.90. The molecule has 1 heterocycles. The minimum atomic E-state index is 0.429. The Morgan fingerprint density at radius 1 is 1.00 bits per heavy atom. The summed E-state index contributed by atoms with van der Waals surface area (Å²) >= 11 is 0. The van der Waals surface area contributed by atoms with E-state index in [0.29, 0.717) is 17.4 Å². The second kappa shape index (κ2) is 6.76. The molecule has 0 aromatic rings. The van der Waals surface area contributed by atoms with Crippen LogP contribution in [0.25, 0.3) is 0 Å². The number of nitrogens with two attached hydrogens (primary N) is 1. The fourth-order valence-corrected chi connectivity index (χ4v) is 3.90. The molecule has 118 valence electrons. The second-order valence-electron chi connectivity index (χ2n) is 8.03. The summed E-state index contributed by atoms with van der Waals surface area (Å²) in [7, 11) is 0. The normalized spacial score (nSPS) is 34.4. The van der Waals surface area contributed by atoms with Crippen molar-refractivity contribution in [2.24, 2.45) is 23.0 Å². The van der Waals surface area contributed by atoms with E-state index >= 15 is 0 Å². The van der Waals surface area contributed by atoms with Gasteiger partial charge in [0.25, 0.3) is 0 Å². The highest BCUT2D eigenvalue weighted by Gasteiger charge is 2.35. The summed E-state index contributed by atoms with van der Waals surface area (Å²) in [6.45, 7) is 16.8. The van der Waals surface area contributed by atoms with Crippen LogP contribution < -0.4 is 5.73 Å². The van der Waals surface area contributed by atoms with E-state index in [9.17, 15) is 0 Å². The molecule has 0 amide bonds. The van der Waals surface area contributed by atoms with Crippen LogP contribution in [0.15, 0.2) is 0 Å². The van der Waals surface area contributed by atoms with Crippen molar-refractivity contribution >= 4 is 0 Å². The average molecular weight is 281 g/mol. The van der Waals surface area contributed by atoms with Crippen molar-refractivity contribution in [1.29, 1.82) is 0 Å². The third-order valence-electron chi connectivity index (χ3n) is 5.67. The van der Waals surface area contributed by atoms with Gasteiger partial charge in [0, 0.05) is 38.8 Å². The lowest BCUT2D eigenvalue weighted by Crippen LogP contribution is -2.51. The van der Waals surface area contributed by atoms with Crippen LogP contribution in [0.5, 0.6) is 0 Å². The van der Waals surface area contributed by atoms with Crippen molar-refractivity contribution in [1.82, 2.24) is 9.80 Å². The summed E-state index contributed by atoms with van der Waals surface area (Å²) < 4.78 is 0. The number of nitrogens with zero attached hydrogens (tertiary/aromatic N) is 2. The van der Waals surface area contributed by atoms with E-state index in [4.69, 9.17) is 5.73 Å². The van der Waals surface area contributed by atoms with Gasteiger partial charge < -0.3 is 15.5 Å². The molecule has 20 heavy (non-hydrogen) atoms. The van der Waals surface area contributed by atoms with Crippen molar-refractivity contribution in [3.63, 3.8) is 0 Å². The first-order valence-electron chi connectivity index (χ1n) is 8.60. The van der Waals surface area contributed by atoms with Crippen LogP contribution >= 0.6 is 0 Å². The van der Waals surface area contributed by atoms with Crippen LogP contribution in [0.3, 0.4) is 0 Å². The van der Waals surface area contributed by atoms with Gasteiger partial charge >= 0.3 is 0 Å². The molecule has 2 rings (SSSR count). The SMILES string of the molecule is CCN1CCN(CC2CC(C(C)(C)C)CCC2N)CC1. The lowest BCUT2D eigenvalue weighted by molar-refractivity contribution is 0.0742. The Morgan fingerprint density at radius 2 is 1.60 bits per heavy atom. The average Bonchev–Trinajstić information content (AvgIpc) is 2.41. The number of hydrogen-bond donors (Lipinski definition) is 1. The van der Waals surface area contributed by atoms with Gasteiger partial charge in [-0.15, -0.1) is 0 Å². The smallest absolute Gasteiger partial charge is 0.0110 e. The molecule has 3 nitrogen and oxygen atoms in total. The van der Waals surface area contributed by atoms with Gasteiger partial charge in [-0.25, -0.2) is 0 Å². The number of hydrogen-bond acceptors (Lipinski definition) is 3. The van der Waals surface area contributed by atoms with Gasteiger partial charge in [0.05, 0.1) is 0 Å². The highest BCUT2D eigenvalue weighted by atomic mass is 15.3. The van der Waals surface area contributed by atoms with Crippen molar-refractivity contribution in [2.75, 3.05) is 39.3 Å². The summed E-state index contributed by atoms with van der Waals surface area (Å²) in [5.74, 6) is 1.56. The van der Waals surface area contributed by atoms with E-state index in [-0.39, 0.29) is 0 Å². The quantitative estimate of drug-likeness (QED) is 0.862. The largest absolute Gasteiger partial charge is 0.327 e. The Kier molecular flexibility index (Phi) is 5.49. The Labute approximate surface area is 125 Å². The van der Waals surface area contributed by atoms with E-state index in [1.54, 1.807) is 0 Å². The molecule has 1 saturated carbocycles. The minimum absolute atomic E-state index is 0.429. The van der Waals surface area contributed by atoms with Gasteiger partial charge in [0.15, 0.2) is 0 Å². The molecule has 3 unspecified atom stereocenters. The van der Waals surface area contributed by atoms with Crippen LogP contribution in [-0.2, 0) is 0 Å². The molecule has 1 saturated heterocycles. The molecule has 0 spiro atoms. The first-order valence-corrected chi connectivity index (χ1v) is 8.60. The Bertz CT molecular complexity index is 289. The Hall–Kier alpha value is -0.120. The van der Waals surface area contributed by atoms with Crippen molar-refractivity contribution < 1.29 is 0 Å². The molecule has 1 aliphatic carbocycles. The van der Waals surface area contributed by atoms with Crippen LogP contribution in [0.2, 0.25) is 0 Å². The van der Waals surface area contributed by atoms with Crippen LogP contribution in [0, 0.1) is 17.3 Å². The van der Waals surface area contributed by atoms with Gasteiger partial charge in [-0.3, -0.25) is 0 Å². The first-order chi connectivity index (χ1) is 9.40. The minimum Gasteiger partial charge on any atom is -0.327 e. The van der Waals surface area contributed by atoms with Gasteiger partial charge in [0.1, 0.15) is 0 Å². The maximum atomic E-state index is 6.42. The fraction of sp³-hybridized carbons (Fsp3) is 1.00.